The summed E-state index contributed by atoms with van der Waals surface area (Å²) in [5.41, 5.74) is 4.87. The second kappa shape index (κ2) is 3.14. The van der Waals surface area contributed by atoms with Gasteiger partial charge in [0, 0.05) is 13.0 Å². The number of amides is 1. The Bertz CT molecular complexity index is 258. The van der Waals surface area contributed by atoms with E-state index in [1.165, 1.54) is 10.9 Å². The van der Waals surface area contributed by atoms with Crippen LogP contribution in [0.1, 0.15) is 6.42 Å². The van der Waals surface area contributed by atoms with Gasteiger partial charge < -0.3 is 5.73 Å². The lowest BCUT2D eigenvalue weighted by Gasteiger charge is -1.95. The van der Waals surface area contributed by atoms with Crippen LogP contribution < -0.4 is 5.73 Å². The zero-order chi connectivity index (χ0) is 8.27. The molecule has 0 aromatic carbocycles. The summed E-state index contributed by atoms with van der Waals surface area (Å²) in [5.74, 6) is -0.824. The molecule has 4 nitrogen and oxygen atoms in total. The first-order chi connectivity index (χ1) is 5.18. The molecule has 0 aliphatic rings. The third-order valence-corrected chi connectivity index (χ3v) is 1.19. The lowest BCUT2D eigenvalue weighted by Crippen LogP contribution is -2.13. The highest BCUT2D eigenvalue weighted by Crippen LogP contribution is 1.94. The number of hydrogen-bond donors (Lipinski definition) is 1. The summed E-state index contributed by atoms with van der Waals surface area (Å²) in [7, 11) is 0. The van der Waals surface area contributed by atoms with Gasteiger partial charge in [-0.2, -0.15) is 5.10 Å². The van der Waals surface area contributed by atoms with E-state index in [2.05, 4.69) is 5.10 Å². The average molecular weight is 157 g/mol. The van der Waals surface area contributed by atoms with E-state index in [1.54, 1.807) is 0 Å². The Kier molecular flexibility index (Phi) is 2.20. The van der Waals surface area contributed by atoms with Crippen molar-refractivity contribution in [3.05, 3.63) is 18.2 Å². The molecule has 11 heavy (non-hydrogen) atoms. The maximum absolute atomic E-state index is 12.3. The van der Waals surface area contributed by atoms with Gasteiger partial charge in [-0.15, -0.1) is 0 Å². The fourth-order valence-electron chi connectivity index (χ4n) is 0.685. The normalized spacial score (nSPS) is 9.91. The number of carbonyl (C=O) groups is 1. The molecule has 0 fully saturated rings. The van der Waals surface area contributed by atoms with Gasteiger partial charge in [0.2, 0.25) is 5.91 Å². The van der Waals surface area contributed by atoms with Gasteiger partial charge in [0.1, 0.15) is 0 Å². The number of primary amides is 1. The average Bonchev–Trinajstić information content (AvgIpc) is 2.31. The first-order valence-corrected chi connectivity index (χ1v) is 3.15. The molecular weight excluding hydrogens is 149 g/mol. The Morgan fingerprint density at radius 1 is 1.82 bits per heavy atom. The summed E-state index contributed by atoms with van der Waals surface area (Å²) >= 11 is 0. The number of carbonyl (C=O) groups excluding carboxylic acids is 1. The Balaban J connectivity index is 2.45. The maximum Gasteiger partial charge on any atom is 0.219 e. The van der Waals surface area contributed by atoms with E-state index in [4.69, 9.17) is 5.73 Å². The molecule has 5 heteroatoms. The SMILES string of the molecule is NC(=O)CCn1cc(F)cn1. The fraction of sp³-hybridized carbons (Fsp3) is 0.333. The Hall–Kier alpha value is -1.39. The van der Waals surface area contributed by atoms with Gasteiger partial charge in [0.05, 0.1) is 12.4 Å². The van der Waals surface area contributed by atoms with E-state index in [1.807, 2.05) is 0 Å². The Morgan fingerprint density at radius 2 is 2.55 bits per heavy atom. The predicted octanol–water partition coefficient (Wildman–Crippen LogP) is -0.102. The van der Waals surface area contributed by atoms with E-state index < -0.39 is 11.7 Å². The summed E-state index contributed by atoms with van der Waals surface area (Å²) in [5, 5.41) is 3.62. The van der Waals surface area contributed by atoms with Crippen LogP contribution in [0.25, 0.3) is 0 Å². The second-order valence-electron chi connectivity index (χ2n) is 2.14. The van der Waals surface area contributed by atoms with E-state index >= 15 is 0 Å². The van der Waals surface area contributed by atoms with Crippen molar-refractivity contribution in [3.63, 3.8) is 0 Å². The molecule has 1 aromatic heterocycles. The van der Waals surface area contributed by atoms with Gasteiger partial charge in [-0.3, -0.25) is 9.48 Å². The summed E-state index contributed by atoms with van der Waals surface area (Å²) in [4.78, 5) is 10.3. The summed E-state index contributed by atoms with van der Waals surface area (Å²) in [6.07, 6.45) is 2.48. The van der Waals surface area contributed by atoms with Crippen molar-refractivity contribution in [2.75, 3.05) is 0 Å². The van der Waals surface area contributed by atoms with Crippen LogP contribution in [-0.4, -0.2) is 15.7 Å². The molecule has 0 aliphatic heterocycles. The van der Waals surface area contributed by atoms with Gasteiger partial charge >= 0.3 is 0 Å². The van der Waals surface area contributed by atoms with Crippen LogP contribution in [0.4, 0.5) is 4.39 Å². The van der Waals surface area contributed by atoms with Gasteiger partial charge in [-0.1, -0.05) is 0 Å². The third kappa shape index (κ3) is 2.37. The topological polar surface area (TPSA) is 60.9 Å². The lowest BCUT2D eigenvalue weighted by molar-refractivity contribution is -0.118. The van der Waals surface area contributed by atoms with Crippen molar-refractivity contribution < 1.29 is 9.18 Å². The minimum absolute atomic E-state index is 0.182. The van der Waals surface area contributed by atoms with Crippen LogP contribution in [0.2, 0.25) is 0 Å². The van der Waals surface area contributed by atoms with Crippen LogP contribution in [-0.2, 0) is 11.3 Å². The molecule has 2 N–H and O–H groups in total. The van der Waals surface area contributed by atoms with Crippen LogP contribution in [0.3, 0.4) is 0 Å². The minimum atomic E-state index is -0.416. The smallest absolute Gasteiger partial charge is 0.219 e. The van der Waals surface area contributed by atoms with Crippen molar-refractivity contribution in [3.8, 4) is 0 Å². The lowest BCUT2D eigenvalue weighted by atomic mass is 10.4. The highest BCUT2D eigenvalue weighted by atomic mass is 19.1. The highest BCUT2D eigenvalue weighted by molar-refractivity contribution is 5.73. The van der Waals surface area contributed by atoms with E-state index in [0.717, 1.165) is 6.20 Å². The quantitative estimate of drug-likeness (QED) is 0.665. The number of aromatic nitrogens is 2. The zero-order valence-corrected chi connectivity index (χ0v) is 5.83. The number of nitrogens with zero attached hydrogens (tertiary/aromatic N) is 2. The number of nitrogens with two attached hydrogens (primary N) is 1. The van der Waals surface area contributed by atoms with Crippen molar-refractivity contribution in [1.29, 1.82) is 0 Å². The number of hydrogen-bond acceptors (Lipinski definition) is 2. The van der Waals surface area contributed by atoms with Crippen molar-refractivity contribution in [2.24, 2.45) is 5.73 Å². The van der Waals surface area contributed by atoms with Crippen LogP contribution >= 0.6 is 0 Å². The first kappa shape index (κ1) is 7.71. The van der Waals surface area contributed by atoms with Gasteiger partial charge in [0.15, 0.2) is 5.82 Å². The van der Waals surface area contributed by atoms with Crippen molar-refractivity contribution >= 4 is 5.91 Å². The molecule has 0 atom stereocenters. The maximum atomic E-state index is 12.3. The standard InChI is InChI=1S/C6H8FN3O/c7-5-3-9-10(4-5)2-1-6(8)11/h3-4H,1-2H2,(H2,8,11). The summed E-state index contributed by atoms with van der Waals surface area (Å²) in [6, 6.07) is 0. The van der Waals surface area contributed by atoms with E-state index in [-0.39, 0.29) is 6.42 Å². The van der Waals surface area contributed by atoms with E-state index in [0.29, 0.717) is 6.54 Å². The second-order valence-corrected chi connectivity index (χ2v) is 2.14. The molecule has 1 aromatic rings. The fourth-order valence-corrected chi connectivity index (χ4v) is 0.685. The number of rotatable bonds is 3. The van der Waals surface area contributed by atoms with Gasteiger partial charge in [-0.05, 0) is 0 Å². The third-order valence-electron chi connectivity index (χ3n) is 1.19. The molecule has 1 heterocycles. The Morgan fingerprint density at radius 3 is 3.00 bits per heavy atom. The first-order valence-electron chi connectivity index (χ1n) is 3.15. The molecule has 0 saturated carbocycles. The molecule has 60 valence electrons. The van der Waals surface area contributed by atoms with Crippen molar-refractivity contribution in [2.45, 2.75) is 13.0 Å². The van der Waals surface area contributed by atoms with Crippen LogP contribution in [0.5, 0.6) is 0 Å². The minimum Gasteiger partial charge on any atom is -0.370 e. The molecule has 0 bridgehead atoms. The van der Waals surface area contributed by atoms with Gasteiger partial charge in [-0.25, -0.2) is 4.39 Å². The predicted molar refractivity (Wildman–Crippen MR) is 36.0 cm³/mol. The largest absolute Gasteiger partial charge is 0.370 e. The van der Waals surface area contributed by atoms with Gasteiger partial charge in [0.25, 0.3) is 0 Å². The van der Waals surface area contributed by atoms with E-state index in [9.17, 15) is 9.18 Å². The molecule has 0 unspecified atom stereocenters. The van der Waals surface area contributed by atoms with Crippen LogP contribution in [0.15, 0.2) is 12.4 Å². The molecular formula is C6H8FN3O. The molecule has 0 spiro atoms. The summed E-state index contributed by atoms with van der Waals surface area (Å²) < 4.78 is 13.6. The number of halogens is 1. The molecule has 0 radical (unpaired) electrons. The van der Waals surface area contributed by atoms with Crippen molar-refractivity contribution in [1.82, 2.24) is 9.78 Å². The monoisotopic (exact) mass is 157 g/mol. The Labute approximate surface area is 62.8 Å². The molecule has 1 rings (SSSR count). The summed E-state index contributed by atoms with van der Waals surface area (Å²) in [6.45, 7) is 0.333. The highest BCUT2D eigenvalue weighted by Gasteiger charge is 1.98. The molecule has 0 aliphatic carbocycles. The zero-order valence-electron chi connectivity index (χ0n) is 5.83. The molecule has 0 saturated heterocycles. The number of aryl methyl sites for hydroxylation is 1. The molecule has 1 amide bonds. The van der Waals surface area contributed by atoms with Crippen LogP contribution in [0, 0.1) is 5.82 Å².